The van der Waals surface area contributed by atoms with Gasteiger partial charge in [0.2, 0.25) is 0 Å². The maximum absolute atomic E-state index is 15.2. The first-order valence-electron chi connectivity index (χ1n) is 9.91. The van der Waals surface area contributed by atoms with Gasteiger partial charge in [0.25, 0.3) is 0 Å². The summed E-state index contributed by atoms with van der Waals surface area (Å²) >= 11 is 0. The summed E-state index contributed by atoms with van der Waals surface area (Å²) in [6.07, 6.45) is 5.10. The summed E-state index contributed by atoms with van der Waals surface area (Å²) in [6, 6.07) is 0. The van der Waals surface area contributed by atoms with Gasteiger partial charge in [-0.05, 0) is 54.6 Å². The van der Waals surface area contributed by atoms with E-state index in [4.69, 9.17) is 4.74 Å². The van der Waals surface area contributed by atoms with E-state index < -0.39 is 23.0 Å². The van der Waals surface area contributed by atoms with E-state index in [-0.39, 0.29) is 29.3 Å². The summed E-state index contributed by atoms with van der Waals surface area (Å²) in [5, 5.41) is 0. The van der Waals surface area contributed by atoms with Crippen molar-refractivity contribution in [2.24, 2.45) is 28.6 Å². The topological polar surface area (TPSA) is 60.4 Å². The number of allylic oxidation sites excluding steroid dienone is 2. The number of halogens is 1. The number of hydrogen-bond acceptors (Lipinski definition) is 4. The molecule has 4 aliphatic carbocycles. The van der Waals surface area contributed by atoms with E-state index in [9.17, 15) is 14.4 Å². The van der Waals surface area contributed by atoms with Crippen LogP contribution in [0.15, 0.2) is 23.3 Å². The second kappa shape index (κ2) is 6.11. The van der Waals surface area contributed by atoms with Gasteiger partial charge < -0.3 is 4.74 Å². The first-order chi connectivity index (χ1) is 12.7. The molecule has 5 heteroatoms. The zero-order chi connectivity index (χ0) is 19.6. The Bertz CT molecular complexity index is 781. The molecule has 0 saturated heterocycles. The normalized spacial score (nSPS) is 45.0. The van der Waals surface area contributed by atoms with Crippen molar-refractivity contribution in [3.63, 3.8) is 0 Å². The molecule has 146 valence electrons. The molecule has 4 aliphatic rings. The van der Waals surface area contributed by atoms with Gasteiger partial charge in [-0.2, -0.15) is 0 Å². The highest BCUT2D eigenvalue weighted by atomic mass is 19.1. The molecule has 4 nitrogen and oxygen atoms in total. The minimum atomic E-state index is -1.16. The quantitative estimate of drug-likeness (QED) is 0.518. The number of carbonyl (C=O) groups excluding carboxylic acids is 3. The van der Waals surface area contributed by atoms with Crippen LogP contribution >= 0.6 is 0 Å². The van der Waals surface area contributed by atoms with Crippen molar-refractivity contribution >= 4 is 17.5 Å². The maximum Gasteiger partial charge on any atom is 0.330 e. The Kier molecular flexibility index (Phi) is 4.21. The Morgan fingerprint density at radius 3 is 2.70 bits per heavy atom. The molecule has 0 amide bonds. The van der Waals surface area contributed by atoms with Crippen molar-refractivity contribution in [3.8, 4) is 0 Å². The summed E-state index contributed by atoms with van der Waals surface area (Å²) in [6.45, 7) is 4.04. The molecule has 0 radical (unpaired) electrons. The Morgan fingerprint density at radius 2 is 2.00 bits per heavy atom. The number of ether oxygens (including phenoxy) is 1. The van der Waals surface area contributed by atoms with E-state index in [1.54, 1.807) is 0 Å². The van der Waals surface area contributed by atoms with Crippen LogP contribution in [0, 0.1) is 28.6 Å². The summed E-state index contributed by atoms with van der Waals surface area (Å²) in [4.78, 5) is 37.0. The smallest absolute Gasteiger partial charge is 0.330 e. The zero-order valence-corrected chi connectivity index (χ0v) is 16.2. The molecule has 0 bridgehead atoms. The van der Waals surface area contributed by atoms with Gasteiger partial charge in [-0.15, -0.1) is 0 Å². The molecule has 0 spiro atoms. The lowest BCUT2D eigenvalue weighted by atomic mass is 9.46. The lowest BCUT2D eigenvalue weighted by molar-refractivity contribution is -0.145. The molecule has 3 saturated carbocycles. The third-order valence-corrected chi connectivity index (χ3v) is 7.97. The monoisotopic (exact) mass is 374 g/mol. The highest BCUT2D eigenvalue weighted by molar-refractivity contribution is 5.93. The third kappa shape index (κ3) is 2.57. The van der Waals surface area contributed by atoms with Gasteiger partial charge in [0.05, 0.1) is 7.11 Å². The van der Waals surface area contributed by atoms with Gasteiger partial charge in [-0.1, -0.05) is 19.4 Å². The third-order valence-electron chi connectivity index (χ3n) is 7.97. The van der Waals surface area contributed by atoms with Crippen LogP contribution in [0.25, 0.3) is 0 Å². The second-order valence-corrected chi connectivity index (χ2v) is 9.23. The summed E-state index contributed by atoms with van der Waals surface area (Å²) in [5.41, 5.74) is 0.560. The van der Waals surface area contributed by atoms with Crippen LogP contribution in [0.1, 0.15) is 52.4 Å². The molecule has 6 atom stereocenters. The number of carbonyl (C=O) groups is 3. The van der Waals surface area contributed by atoms with Gasteiger partial charge in [0.1, 0.15) is 12.0 Å². The highest BCUT2D eigenvalue weighted by Crippen LogP contribution is 2.65. The van der Waals surface area contributed by atoms with Crippen molar-refractivity contribution in [2.45, 2.75) is 58.5 Å². The van der Waals surface area contributed by atoms with Crippen LogP contribution in [0.3, 0.4) is 0 Å². The second-order valence-electron chi connectivity index (χ2n) is 9.23. The van der Waals surface area contributed by atoms with E-state index in [2.05, 4.69) is 6.92 Å². The molecule has 27 heavy (non-hydrogen) atoms. The van der Waals surface area contributed by atoms with Gasteiger partial charge in [0.15, 0.2) is 5.78 Å². The van der Waals surface area contributed by atoms with Crippen molar-refractivity contribution in [2.75, 3.05) is 7.11 Å². The number of rotatable bonds is 1. The Labute approximate surface area is 159 Å². The number of methoxy groups -OCH3 is 1. The fourth-order valence-corrected chi connectivity index (χ4v) is 6.68. The molecular weight excluding hydrogens is 347 g/mol. The van der Waals surface area contributed by atoms with Crippen molar-refractivity contribution in [1.29, 1.82) is 0 Å². The number of fused-ring (bicyclic) bond motifs is 5. The van der Waals surface area contributed by atoms with E-state index >= 15 is 4.39 Å². The predicted octanol–water partition coefficient (Wildman–Crippen LogP) is 3.74. The van der Waals surface area contributed by atoms with E-state index in [1.807, 2.05) is 6.92 Å². The van der Waals surface area contributed by atoms with Crippen LogP contribution < -0.4 is 0 Å². The molecule has 0 unspecified atom stereocenters. The minimum Gasteiger partial charge on any atom is -0.466 e. The Morgan fingerprint density at radius 1 is 1.26 bits per heavy atom. The molecule has 0 heterocycles. The fourth-order valence-electron chi connectivity index (χ4n) is 6.68. The molecule has 0 aromatic carbocycles. The number of ketones is 2. The van der Waals surface area contributed by atoms with Crippen LogP contribution in [0.5, 0.6) is 0 Å². The van der Waals surface area contributed by atoms with Gasteiger partial charge in [0, 0.05) is 30.3 Å². The maximum atomic E-state index is 15.2. The summed E-state index contributed by atoms with van der Waals surface area (Å²) in [7, 11) is 1.35. The average molecular weight is 374 g/mol. The van der Waals surface area contributed by atoms with Gasteiger partial charge in [-0.25, -0.2) is 9.18 Å². The molecule has 0 aliphatic heterocycles. The summed E-state index contributed by atoms with van der Waals surface area (Å²) < 4.78 is 19.9. The number of alkyl halides is 1. The van der Waals surface area contributed by atoms with E-state index in [1.165, 1.54) is 19.3 Å². The SMILES string of the molecule is COC(=O)/C=C1\CC[C@@H]2[C@H]3C[C@@H](F)C4=CC(=O)CC[C@]4(C)[C@@H]3C(=O)C[C@]12C. The number of hydrogen-bond donors (Lipinski definition) is 0. The van der Waals surface area contributed by atoms with E-state index in [0.29, 0.717) is 31.3 Å². The fraction of sp³-hybridized carbons (Fsp3) is 0.682. The molecule has 0 aromatic rings. The largest absolute Gasteiger partial charge is 0.466 e. The molecule has 4 rings (SSSR count). The predicted molar refractivity (Wildman–Crippen MR) is 97.5 cm³/mol. The standard InChI is InChI=1S/C22H27FO4/c1-21-7-6-13(24)9-16(21)17(23)10-14-15-5-4-12(8-19(26)27-3)22(15,2)11-18(25)20(14)21/h8-9,14-15,17,20H,4-7,10-11H2,1-3H3/b12-8+/t14-,15-,17-,20+,21+,22-/m1/s1. The van der Waals surface area contributed by atoms with Gasteiger partial charge >= 0.3 is 5.97 Å². The Hall–Kier alpha value is -1.78. The average Bonchev–Trinajstić information content (AvgIpc) is 2.92. The van der Waals surface area contributed by atoms with E-state index in [0.717, 1.165) is 18.4 Å². The minimum absolute atomic E-state index is 0.0270. The van der Waals surface area contributed by atoms with Crippen LogP contribution in [-0.4, -0.2) is 30.8 Å². The first kappa shape index (κ1) is 18.6. The number of Topliss-reactive ketones (excluding diaryl/α,β-unsaturated/α-hetero) is 1. The number of esters is 1. The molecule has 0 N–H and O–H groups in total. The lowest BCUT2D eigenvalue weighted by Gasteiger charge is -2.57. The summed E-state index contributed by atoms with van der Waals surface area (Å²) in [5.74, 6) is -0.335. The van der Waals surface area contributed by atoms with Crippen LogP contribution in [-0.2, 0) is 19.1 Å². The lowest BCUT2D eigenvalue weighted by Crippen LogP contribution is -2.56. The Balaban J connectivity index is 1.75. The first-order valence-corrected chi connectivity index (χ1v) is 9.91. The molecule has 3 fully saturated rings. The highest BCUT2D eigenvalue weighted by Gasteiger charge is 2.62. The molecule has 0 aromatic heterocycles. The van der Waals surface area contributed by atoms with Crippen molar-refractivity contribution < 1.29 is 23.5 Å². The molecular formula is C22H27FO4. The van der Waals surface area contributed by atoms with Crippen molar-refractivity contribution in [3.05, 3.63) is 23.3 Å². The van der Waals surface area contributed by atoms with Crippen LogP contribution in [0.4, 0.5) is 4.39 Å². The van der Waals surface area contributed by atoms with Crippen LogP contribution in [0.2, 0.25) is 0 Å². The van der Waals surface area contributed by atoms with Crippen molar-refractivity contribution in [1.82, 2.24) is 0 Å². The van der Waals surface area contributed by atoms with Gasteiger partial charge in [-0.3, -0.25) is 9.59 Å². The zero-order valence-electron chi connectivity index (χ0n) is 16.2.